The molecule has 0 aromatic carbocycles. The van der Waals surface area contributed by atoms with E-state index in [1.165, 1.54) is 12.8 Å². The highest BCUT2D eigenvalue weighted by Crippen LogP contribution is 2.35. The van der Waals surface area contributed by atoms with Crippen LogP contribution in [-0.4, -0.2) is 25.3 Å². The molecule has 0 bridgehead atoms. The van der Waals surface area contributed by atoms with Crippen LogP contribution in [0, 0.1) is 11.8 Å². The van der Waals surface area contributed by atoms with Gasteiger partial charge in [-0.3, -0.25) is 0 Å². The summed E-state index contributed by atoms with van der Waals surface area (Å²) in [6.45, 7) is 8.97. The van der Waals surface area contributed by atoms with E-state index in [0.717, 1.165) is 0 Å². The van der Waals surface area contributed by atoms with Crippen molar-refractivity contribution >= 4 is 0 Å². The van der Waals surface area contributed by atoms with Gasteiger partial charge in [0.1, 0.15) is 0 Å². The fourth-order valence-electron chi connectivity index (χ4n) is 2.83. The van der Waals surface area contributed by atoms with Crippen LogP contribution in [0.2, 0.25) is 0 Å². The molecule has 2 heteroatoms. The molecule has 14 heavy (non-hydrogen) atoms. The molecule has 1 saturated heterocycles. The first-order valence-electron chi connectivity index (χ1n) is 5.94. The Hall–Kier alpha value is -0.0800. The third-order valence-electron chi connectivity index (χ3n) is 3.75. The van der Waals surface area contributed by atoms with Crippen molar-refractivity contribution in [3.05, 3.63) is 0 Å². The third-order valence-corrected chi connectivity index (χ3v) is 3.75. The van der Waals surface area contributed by atoms with Crippen LogP contribution in [0.1, 0.15) is 40.5 Å². The fourth-order valence-corrected chi connectivity index (χ4v) is 2.83. The summed E-state index contributed by atoms with van der Waals surface area (Å²) in [5.74, 6) is 1.35. The van der Waals surface area contributed by atoms with Crippen LogP contribution in [0.3, 0.4) is 0 Å². The van der Waals surface area contributed by atoms with Gasteiger partial charge >= 0.3 is 0 Å². The number of hydrogen-bond acceptors (Lipinski definition) is 2. The Morgan fingerprint density at radius 3 is 2.21 bits per heavy atom. The van der Waals surface area contributed by atoms with E-state index in [1.807, 2.05) is 0 Å². The molecule has 0 amide bonds. The highest BCUT2D eigenvalue weighted by Gasteiger charge is 2.40. The Morgan fingerprint density at radius 2 is 1.86 bits per heavy atom. The fraction of sp³-hybridized carbons (Fsp3) is 1.00. The second kappa shape index (κ2) is 5.13. The van der Waals surface area contributed by atoms with Gasteiger partial charge in [0.15, 0.2) is 0 Å². The first-order valence-corrected chi connectivity index (χ1v) is 5.94. The summed E-state index contributed by atoms with van der Waals surface area (Å²) in [6.07, 6.45) is 3.33. The van der Waals surface area contributed by atoms with E-state index in [2.05, 4.69) is 40.1 Å². The molecule has 0 spiro atoms. The quantitative estimate of drug-likeness (QED) is 0.751. The molecule has 5 unspecified atom stereocenters. The zero-order valence-electron chi connectivity index (χ0n) is 10.2. The molecule has 1 heterocycles. The highest BCUT2D eigenvalue weighted by molar-refractivity contribution is 4.90. The van der Waals surface area contributed by atoms with Crippen LogP contribution in [0.5, 0.6) is 0 Å². The van der Waals surface area contributed by atoms with Crippen molar-refractivity contribution in [1.82, 2.24) is 5.32 Å². The maximum Gasteiger partial charge on any atom is 0.0597 e. The molecular formula is C12H25NO. The predicted octanol–water partition coefficient (Wildman–Crippen LogP) is 2.43. The Balaban J connectivity index is 2.63. The number of ether oxygens (including phenoxy) is 1. The van der Waals surface area contributed by atoms with E-state index in [1.54, 1.807) is 0 Å². The van der Waals surface area contributed by atoms with E-state index in [-0.39, 0.29) is 0 Å². The van der Waals surface area contributed by atoms with Crippen molar-refractivity contribution in [3.8, 4) is 0 Å². The monoisotopic (exact) mass is 199 g/mol. The van der Waals surface area contributed by atoms with Crippen LogP contribution in [0.25, 0.3) is 0 Å². The van der Waals surface area contributed by atoms with Crippen molar-refractivity contribution in [2.75, 3.05) is 7.05 Å². The number of rotatable bonds is 4. The van der Waals surface area contributed by atoms with Crippen LogP contribution >= 0.6 is 0 Å². The van der Waals surface area contributed by atoms with Gasteiger partial charge in [-0.1, -0.05) is 20.3 Å². The highest BCUT2D eigenvalue weighted by atomic mass is 16.5. The molecular weight excluding hydrogens is 174 g/mol. The van der Waals surface area contributed by atoms with Gasteiger partial charge in [0.2, 0.25) is 0 Å². The van der Waals surface area contributed by atoms with Gasteiger partial charge in [-0.2, -0.15) is 0 Å². The maximum atomic E-state index is 5.88. The summed E-state index contributed by atoms with van der Waals surface area (Å²) < 4.78 is 5.88. The molecule has 2 nitrogen and oxygen atoms in total. The Bertz CT molecular complexity index is 172. The van der Waals surface area contributed by atoms with Crippen molar-refractivity contribution < 1.29 is 4.74 Å². The van der Waals surface area contributed by atoms with Crippen LogP contribution < -0.4 is 5.32 Å². The minimum atomic E-state index is 0.406. The zero-order valence-corrected chi connectivity index (χ0v) is 10.2. The lowest BCUT2D eigenvalue weighted by molar-refractivity contribution is 0.0475. The number of nitrogens with one attached hydrogen (secondary N) is 1. The Kier molecular flexibility index (Phi) is 4.39. The predicted molar refractivity (Wildman–Crippen MR) is 60.4 cm³/mol. The summed E-state index contributed by atoms with van der Waals surface area (Å²) in [5, 5.41) is 3.45. The molecule has 1 aliphatic heterocycles. The second-order valence-electron chi connectivity index (χ2n) is 4.67. The smallest absolute Gasteiger partial charge is 0.0597 e. The molecule has 1 fully saturated rings. The topological polar surface area (TPSA) is 21.3 Å². The summed E-state index contributed by atoms with van der Waals surface area (Å²) in [4.78, 5) is 0. The Labute approximate surface area is 88.4 Å². The summed E-state index contributed by atoms with van der Waals surface area (Å²) in [7, 11) is 2.07. The van der Waals surface area contributed by atoms with Gasteiger partial charge < -0.3 is 10.1 Å². The average molecular weight is 199 g/mol. The largest absolute Gasteiger partial charge is 0.375 e. The van der Waals surface area contributed by atoms with E-state index in [9.17, 15) is 0 Å². The second-order valence-corrected chi connectivity index (χ2v) is 4.67. The number of hydrogen-bond donors (Lipinski definition) is 1. The van der Waals surface area contributed by atoms with Gasteiger partial charge in [-0.15, -0.1) is 0 Å². The minimum Gasteiger partial charge on any atom is -0.375 e. The first kappa shape index (κ1) is 12.0. The maximum absolute atomic E-state index is 5.88. The van der Waals surface area contributed by atoms with Crippen molar-refractivity contribution in [2.45, 2.75) is 58.8 Å². The van der Waals surface area contributed by atoms with Crippen LogP contribution in [0.15, 0.2) is 0 Å². The molecule has 1 N–H and O–H groups in total. The Morgan fingerprint density at radius 1 is 1.21 bits per heavy atom. The summed E-state index contributed by atoms with van der Waals surface area (Å²) in [5.41, 5.74) is 0. The van der Waals surface area contributed by atoms with Gasteiger partial charge in [0.25, 0.3) is 0 Å². The molecule has 5 atom stereocenters. The van der Waals surface area contributed by atoms with Crippen molar-refractivity contribution in [3.63, 3.8) is 0 Å². The summed E-state index contributed by atoms with van der Waals surface area (Å²) >= 11 is 0. The first-order chi connectivity index (χ1) is 6.61. The lowest BCUT2D eigenvalue weighted by atomic mass is 9.82. The molecule has 0 saturated carbocycles. The van der Waals surface area contributed by atoms with E-state index in [0.29, 0.717) is 30.1 Å². The molecule has 0 radical (unpaired) electrons. The van der Waals surface area contributed by atoms with Crippen molar-refractivity contribution in [1.29, 1.82) is 0 Å². The van der Waals surface area contributed by atoms with Gasteiger partial charge in [-0.05, 0) is 33.2 Å². The minimum absolute atomic E-state index is 0.406. The lowest BCUT2D eigenvalue weighted by Gasteiger charge is -2.28. The molecule has 0 aromatic rings. The lowest BCUT2D eigenvalue weighted by Crippen LogP contribution is -2.39. The van der Waals surface area contributed by atoms with E-state index >= 15 is 0 Å². The molecule has 1 aliphatic rings. The molecule has 84 valence electrons. The van der Waals surface area contributed by atoms with Crippen LogP contribution in [-0.2, 0) is 4.74 Å². The summed E-state index contributed by atoms with van der Waals surface area (Å²) in [6, 6.07) is 0.620. The SMILES string of the molecule is CCCC(NC)C1C(C)OC(C)C1C. The zero-order chi connectivity index (χ0) is 10.7. The average Bonchev–Trinajstić information content (AvgIpc) is 2.39. The van der Waals surface area contributed by atoms with E-state index in [4.69, 9.17) is 4.74 Å². The van der Waals surface area contributed by atoms with Gasteiger partial charge in [0.05, 0.1) is 12.2 Å². The normalized spacial score (nSPS) is 40.1. The molecule has 1 rings (SSSR count). The van der Waals surface area contributed by atoms with Gasteiger partial charge in [0, 0.05) is 12.0 Å². The van der Waals surface area contributed by atoms with E-state index < -0.39 is 0 Å². The van der Waals surface area contributed by atoms with Crippen molar-refractivity contribution in [2.24, 2.45) is 11.8 Å². The molecule has 0 aromatic heterocycles. The standard InChI is InChI=1S/C12H25NO/c1-6-7-11(13-5)12-8(2)9(3)14-10(12)4/h8-13H,6-7H2,1-5H3. The van der Waals surface area contributed by atoms with Gasteiger partial charge in [-0.25, -0.2) is 0 Å². The molecule has 0 aliphatic carbocycles. The third kappa shape index (κ3) is 2.29. The van der Waals surface area contributed by atoms with Crippen LogP contribution in [0.4, 0.5) is 0 Å².